The van der Waals surface area contributed by atoms with Crippen molar-refractivity contribution in [1.29, 1.82) is 0 Å². The molecule has 0 saturated carbocycles. The van der Waals surface area contributed by atoms with Crippen LogP contribution < -0.4 is 9.47 Å². The van der Waals surface area contributed by atoms with Gasteiger partial charge in [-0.25, -0.2) is 0 Å². The van der Waals surface area contributed by atoms with Gasteiger partial charge in [0.2, 0.25) is 0 Å². The molecule has 3 aromatic carbocycles. The second kappa shape index (κ2) is 7.89. The highest BCUT2D eigenvalue weighted by Crippen LogP contribution is 2.37. The van der Waals surface area contributed by atoms with Gasteiger partial charge in [-0.15, -0.1) is 0 Å². The molecular weight excluding hydrogens is 308 g/mol. The van der Waals surface area contributed by atoms with Crippen LogP contribution >= 0.6 is 0 Å². The van der Waals surface area contributed by atoms with Crippen molar-refractivity contribution in [1.82, 2.24) is 0 Å². The minimum Gasteiger partial charge on any atom is -0.453 e. The summed E-state index contributed by atoms with van der Waals surface area (Å²) in [5.41, 5.74) is 3.55. The van der Waals surface area contributed by atoms with Gasteiger partial charge in [0.25, 0.3) is 0 Å². The van der Waals surface area contributed by atoms with Crippen LogP contribution in [-0.4, -0.2) is 0 Å². The van der Waals surface area contributed by atoms with Gasteiger partial charge in [-0.1, -0.05) is 50.2 Å². The minimum atomic E-state index is 0.732. The predicted octanol–water partition coefficient (Wildman–Crippen LogP) is 6.70. The average molecular weight is 332 g/mol. The predicted molar refractivity (Wildman–Crippen MR) is 103 cm³/mol. The summed E-state index contributed by atoms with van der Waals surface area (Å²) >= 11 is 0. The van der Waals surface area contributed by atoms with E-state index in [-0.39, 0.29) is 0 Å². The van der Waals surface area contributed by atoms with Gasteiger partial charge >= 0.3 is 0 Å². The largest absolute Gasteiger partial charge is 0.453 e. The first-order valence-electron chi connectivity index (χ1n) is 8.82. The Labute approximate surface area is 150 Å². The molecule has 0 aliphatic carbocycles. The molecule has 2 nitrogen and oxygen atoms in total. The van der Waals surface area contributed by atoms with Gasteiger partial charge in [0.1, 0.15) is 11.5 Å². The molecule has 128 valence electrons. The molecule has 0 spiro atoms. The first-order valence-corrected chi connectivity index (χ1v) is 8.82. The Morgan fingerprint density at radius 1 is 0.680 bits per heavy atom. The molecule has 0 radical (unpaired) electrons. The molecule has 0 amide bonds. The molecule has 0 aromatic heterocycles. The fraction of sp³-hybridized carbons (Fsp3) is 0.217. The molecule has 0 unspecified atom stereocenters. The molecule has 0 heterocycles. The third kappa shape index (κ3) is 4.21. The maximum absolute atomic E-state index is 6.19. The molecule has 0 bridgehead atoms. The van der Waals surface area contributed by atoms with Gasteiger partial charge in [0.05, 0.1) is 0 Å². The third-order valence-electron chi connectivity index (χ3n) is 4.24. The van der Waals surface area contributed by atoms with E-state index in [1.54, 1.807) is 0 Å². The van der Waals surface area contributed by atoms with E-state index in [1.165, 1.54) is 11.1 Å². The van der Waals surface area contributed by atoms with Crippen molar-refractivity contribution in [2.45, 2.75) is 33.6 Å². The SMILES string of the molecule is CCc1cccc(Oc2cccc(C)c2Oc2cccc(CC)c2)c1. The molecule has 0 atom stereocenters. The van der Waals surface area contributed by atoms with Gasteiger partial charge in [-0.05, 0) is 66.8 Å². The van der Waals surface area contributed by atoms with Crippen molar-refractivity contribution in [2.24, 2.45) is 0 Å². The van der Waals surface area contributed by atoms with Crippen molar-refractivity contribution in [3.8, 4) is 23.0 Å². The summed E-state index contributed by atoms with van der Waals surface area (Å²) in [5.74, 6) is 3.16. The number of ether oxygens (including phenoxy) is 2. The first-order chi connectivity index (χ1) is 12.2. The maximum atomic E-state index is 6.19. The van der Waals surface area contributed by atoms with Gasteiger partial charge in [0.15, 0.2) is 11.5 Å². The van der Waals surface area contributed by atoms with Crippen molar-refractivity contribution in [3.05, 3.63) is 83.4 Å². The molecule has 0 saturated heterocycles. The van der Waals surface area contributed by atoms with E-state index in [1.807, 2.05) is 49.4 Å². The summed E-state index contributed by atoms with van der Waals surface area (Å²) in [7, 11) is 0. The van der Waals surface area contributed by atoms with Crippen LogP contribution in [-0.2, 0) is 12.8 Å². The Kier molecular flexibility index (Phi) is 5.39. The lowest BCUT2D eigenvalue weighted by Gasteiger charge is -2.15. The highest BCUT2D eigenvalue weighted by molar-refractivity contribution is 5.50. The Morgan fingerprint density at radius 2 is 1.24 bits per heavy atom. The quantitative estimate of drug-likeness (QED) is 0.500. The van der Waals surface area contributed by atoms with Crippen LogP contribution in [0.15, 0.2) is 66.7 Å². The van der Waals surface area contributed by atoms with Crippen molar-refractivity contribution < 1.29 is 9.47 Å². The molecule has 0 fully saturated rings. The van der Waals surface area contributed by atoms with Crippen LogP contribution in [0.3, 0.4) is 0 Å². The first kappa shape index (κ1) is 17.1. The Balaban J connectivity index is 1.91. The summed E-state index contributed by atoms with van der Waals surface area (Å²) in [6.45, 7) is 6.32. The van der Waals surface area contributed by atoms with Crippen LogP contribution in [0.2, 0.25) is 0 Å². The monoisotopic (exact) mass is 332 g/mol. The standard InChI is InChI=1S/C23H24O2/c1-4-18-10-7-12-20(15-18)24-22-14-6-9-17(3)23(22)25-21-13-8-11-19(5-2)16-21/h6-16H,4-5H2,1-3H3. The zero-order chi connectivity index (χ0) is 17.6. The molecule has 3 aromatic rings. The number of hydrogen-bond acceptors (Lipinski definition) is 2. The van der Waals surface area contributed by atoms with E-state index in [4.69, 9.17) is 9.47 Å². The lowest BCUT2D eigenvalue weighted by Crippen LogP contribution is -1.94. The highest BCUT2D eigenvalue weighted by Gasteiger charge is 2.11. The van der Waals surface area contributed by atoms with E-state index in [9.17, 15) is 0 Å². The highest BCUT2D eigenvalue weighted by atomic mass is 16.5. The fourth-order valence-corrected chi connectivity index (χ4v) is 2.74. The van der Waals surface area contributed by atoms with Crippen molar-refractivity contribution in [2.75, 3.05) is 0 Å². The minimum absolute atomic E-state index is 0.732. The van der Waals surface area contributed by atoms with Crippen molar-refractivity contribution in [3.63, 3.8) is 0 Å². The number of hydrogen-bond donors (Lipinski definition) is 0. The van der Waals surface area contributed by atoms with Gasteiger partial charge in [-0.2, -0.15) is 0 Å². The average Bonchev–Trinajstić information content (AvgIpc) is 2.65. The van der Waals surface area contributed by atoms with Crippen LogP contribution in [0.5, 0.6) is 23.0 Å². The Morgan fingerprint density at radius 3 is 1.84 bits per heavy atom. The number of aryl methyl sites for hydroxylation is 3. The second-order valence-electron chi connectivity index (χ2n) is 6.11. The molecular formula is C23H24O2. The van der Waals surface area contributed by atoms with Crippen LogP contribution in [0.4, 0.5) is 0 Å². The van der Waals surface area contributed by atoms with E-state index >= 15 is 0 Å². The van der Waals surface area contributed by atoms with E-state index in [2.05, 4.69) is 38.1 Å². The molecule has 25 heavy (non-hydrogen) atoms. The van der Waals surface area contributed by atoms with E-state index in [0.29, 0.717) is 0 Å². The van der Waals surface area contributed by atoms with Crippen LogP contribution in [0.1, 0.15) is 30.5 Å². The number of para-hydroxylation sites is 1. The summed E-state index contributed by atoms with van der Waals surface area (Å²) in [6, 6.07) is 22.3. The van der Waals surface area contributed by atoms with Crippen molar-refractivity contribution >= 4 is 0 Å². The van der Waals surface area contributed by atoms with E-state index in [0.717, 1.165) is 41.4 Å². The second-order valence-corrected chi connectivity index (χ2v) is 6.11. The summed E-state index contributed by atoms with van der Waals surface area (Å²) in [4.78, 5) is 0. The summed E-state index contributed by atoms with van der Waals surface area (Å²) in [5, 5.41) is 0. The molecule has 0 aliphatic heterocycles. The summed E-state index contributed by atoms with van der Waals surface area (Å²) in [6.07, 6.45) is 1.97. The zero-order valence-corrected chi connectivity index (χ0v) is 15.1. The molecule has 2 heteroatoms. The molecule has 3 rings (SSSR count). The Bertz CT molecular complexity index is 852. The molecule has 0 N–H and O–H groups in total. The van der Waals surface area contributed by atoms with Crippen LogP contribution in [0.25, 0.3) is 0 Å². The number of benzene rings is 3. The third-order valence-corrected chi connectivity index (χ3v) is 4.24. The van der Waals surface area contributed by atoms with Gasteiger partial charge in [0, 0.05) is 0 Å². The lowest BCUT2D eigenvalue weighted by molar-refractivity contribution is 0.416. The maximum Gasteiger partial charge on any atom is 0.172 e. The topological polar surface area (TPSA) is 18.5 Å². The number of rotatable bonds is 6. The normalized spacial score (nSPS) is 10.5. The zero-order valence-electron chi connectivity index (χ0n) is 15.1. The Hall–Kier alpha value is -2.74. The van der Waals surface area contributed by atoms with Gasteiger partial charge in [-0.3, -0.25) is 0 Å². The van der Waals surface area contributed by atoms with Crippen LogP contribution in [0, 0.1) is 6.92 Å². The fourth-order valence-electron chi connectivity index (χ4n) is 2.74. The molecule has 0 aliphatic rings. The van der Waals surface area contributed by atoms with E-state index < -0.39 is 0 Å². The summed E-state index contributed by atoms with van der Waals surface area (Å²) < 4.78 is 12.3. The smallest absolute Gasteiger partial charge is 0.172 e. The lowest BCUT2D eigenvalue weighted by atomic mass is 10.1. The van der Waals surface area contributed by atoms with Gasteiger partial charge < -0.3 is 9.47 Å².